The molecule has 0 aliphatic carbocycles. The highest BCUT2D eigenvalue weighted by Gasteiger charge is 2.65. The number of carbonyl (C=O) groups excluding carboxylic acids is 2. The summed E-state index contributed by atoms with van der Waals surface area (Å²) >= 11 is 1.84. The highest BCUT2D eigenvalue weighted by Crippen LogP contribution is 2.55. The van der Waals surface area contributed by atoms with E-state index in [-0.39, 0.29) is 17.9 Å². The van der Waals surface area contributed by atoms with Crippen molar-refractivity contribution in [3.8, 4) is 0 Å². The number of para-hydroxylation sites is 1. The van der Waals surface area contributed by atoms with Crippen molar-refractivity contribution in [3.63, 3.8) is 0 Å². The Labute approximate surface area is 168 Å². The van der Waals surface area contributed by atoms with E-state index in [1.54, 1.807) is 0 Å². The Morgan fingerprint density at radius 1 is 1.25 bits per heavy atom. The molecule has 5 nitrogen and oxygen atoms in total. The summed E-state index contributed by atoms with van der Waals surface area (Å²) < 4.78 is 0. The van der Waals surface area contributed by atoms with Crippen LogP contribution in [0.2, 0.25) is 0 Å². The predicted octanol–water partition coefficient (Wildman–Crippen LogP) is 3.48. The average Bonchev–Trinajstić information content (AvgIpc) is 3.32. The Bertz CT molecular complexity index is 991. The summed E-state index contributed by atoms with van der Waals surface area (Å²) in [6.45, 7) is 4.04. The normalized spacial score (nSPS) is 28.3. The number of hydrogen-bond acceptors (Lipinski definition) is 4. The molecule has 0 radical (unpaired) electrons. The number of fused-ring (bicyclic) bond motifs is 4. The Morgan fingerprint density at radius 2 is 2.07 bits per heavy atom. The lowest BCUT2D eigenvalue weighted by molar-refractivity contribution is -0.134. The first-order valence-corrected chi connectivity index (χ1v) is 10.8. The van der Waals surface area contributed by atoms with Crippen LogP contribution in [0.3, 0.4) is 0 Å². The Morgan fingerprint density at radius 3 is 2.89 bits per heavy atom. The van der Waals surface area contributed by atoms with Crippen LogP contribution in [0.15, 0.2) is 42.5 Å². The van der Waals surface area contributed by atoms with Crippen LogP contribution in [0.25, 0.3) is 0 Å². The third-order valence-corrected chi connectivity index (χ3v) is 7.42. The van der Waals surface area contributed by atoms with E-state index in [2.05, 4.69) is 21.6 Å². The number of carbonyl (C=O) groups is 2. The molecule has 2 amide bonds. The van der Waals surface area contributed by atoms with Gasteiger partial charge in [0.25, 0.3) is 0 Å². The average molecular weight is 394 g/mol. The zero-order chi connectivity index (χ0) is 19.5. The van der Waals surface area contributed by atoms with E-state index < -0.39 is 11.5 Å². The molecular formula is C22H23N3O2S. The van der Waals surface area contributed by atoms with E-state index in [1.165, 1.54) is 0 Å². The molecule has 1 spiro atoms. The Hall–Kier alpha value is -2.31. The molecule has 3 atom stereocenters. The second-order valence-corrected chi connectivity index (χ2v) is 8.99. The highest BCUT2D eigenvalue weighted by molar-refractivity contribution is 7.99. The van der Waals surface area contributed by atoms with Crippen LogP contribution in [-0.4, -0.2) is 34.4 Å². The topological polar surface area (TPSA) is 61.4 Å². The molecule has 0 aromatic heterocycles. The second-order valence-electron chi connectivity index (χ2n) is 7.99. The fourth-order valence-electron chi connectivity index (χ4n) is 5.08. The lowest BCUT2D eigenvalue weighted by Gasteiger charge is -2.36. The van der Waals surface area contributed by atoms with Crippen molar-refractivity contribution in [2.45, 2.75) is 31.8 Å². The summed E-state index contributed by atoms with van der Waals surface area (Å²) in [7, 11) is 0. The zero-order valence-corrected chi connectivity index (χ0v) is 16.8. The van der Waals surface area contributed by atoms with Gasteiger partial charge in [-0.1, -0.05) is 35.9 Å². The van der Waals surface area contributed by atoms with Gasteiger partial charge >= 0.3 is 0 Å². The predicted molar refractivity (Wildman–Crippen MR) is 112 cm³/mol. The van der Waals surface area contributed by atoms with E-state index in [0.717, 1.165) is 39.7 Å². The molecule has 3 unspecified atom stereocenters. The molecule has 0 bridgehead atoms. The molecule has 5 rings (SSSR count). The summed E-state index contributed by atoms with van der Waals surface area (Å²) in [4.78, 5) is 29.1. The number of anilines is 2. The zero-order valence-electron chi connectivity index (χ0n) is 16.0. The quantitative estimate of drug-likeness (QED) is 0.820. The molecule has 3 aliphatic rings. The smallest absolute Gasteiger partial charge is 0.250 e. The summed E-state index contributed by atoms with van der Waals surface area (Å²) in [5.41, 5.74) is 3.87. The molecule has 144 valence electrons. The van der Waals surface area contributed by atoms with E-state index in [1.807, 2.05) is 62.0 Å². The minimum Gasteiger partial charge on any atom is -0.326 e. The number of benzene rings is 2. The van der Waals surface area contributed by atoms with E-state index in [9.17, 15) is 9.59 Å². The fraction of sp³-hybridized carbons (Fsp3) is 0.364. The van der Waals surface area contributed by atoms with Crippen LogP contribution in [0, 0.1) is 19.8 Å². The first kappa shape index (κ1) is 17.8. The lowest BCUT2D eigenvalue weighted by Crippen LogP contribution is -2.53. The number of hydrogen-bond donors (Lipinski definition) is 2. The van der Waals surface area contributed by atoms with E-state index >= 15 is 0 Å². The molecule has 2 saturated heterocycles. The largest absolute Gasteiger partial charge is 0.326 e. The molecule has 2 fully saturated rings. The summed E-state index contributed by atoms with van der Waals surface area (Å²) in [5.74, 6) is 1.19. The molecule has 6 heteroatoms. The van der Waals surface area contributed by atoms with Gasteiger partial charge in [-0.2, -0.15) is 0 Å². The van der Waals surface area contributed by atoms with Crippen molar-refractivity contribution in [1.29, 1.82) is 0 Å². The number of thioether (sulfide) groups is 1. The molecule has 2 aromatic carbocycles. The minimum atomic E-state index is -0.909. The van der Waals surface area contributed by atoms with Crippen LogP contribution >= 0.6 is 11.8 Å². The number of nitrogens with zero attached hydrogens (tertiary/aromatic N) is 1. The van der Waals surface area contributed by atoms with Crippen LogP contribution in [0.5, 0.6) is 0 Å². The van der Waals surface area contributed by atoms with Gasteiger partial charge in [-0.15, -0.1) is 11.8 Å². The number of amides is 2. The lowest BCUT2D eigenvalue weighted by atomic mass is 9.79. The van der Waals surface area contributed by atoms with Gasteiger partial charge in [0, 0.05) is 34.6 Å². The van der Waals surface area contributed by atoms with Gasteiger partial charge in [0.05, 0.1) is 5.92 Å². The maximum atomic E-state index is 13.5. The Kier molecular flexibility index (Phi) is 4.03. The highest BCUT2D eigenvalue weighted by atomic mass is 32.2. The van der Waals surface area contributed by atoms with Gasteiger partial charge in [0.1, 0.15) is 5.54 Å². The number of nitrogens with one attached hydrogen (secondary N) is 2. The van der Waals surface area contributed by atoms with Gasteiger partial charge in [-0.25, -0.2) is 0 Å². The van der Waals surface area contributed by atoms with Crippen molar-refractivity contribution in [2.24, 2.45) is 5.92 Å². The van der Waals surface area contributed by atoms with Crippen LogP contribution in [-0.2, 0) is 15.1 Å². The van der Waals surface area contributed by atoms with Crippen molar-refractivity contribution in [3.05, 3.63) is 59.2 Å². The minimum absolute atomic E-state index is 0.0699. The first-order valence-electron chi connectivity index (χ1n) is 9.65. The van der Waals surface area contributed by atoms with Gasteiger partial charge in [0.15, 0.2) is 0 Å². The molecule has 0 saturated carbocycles. The summed E-state index contributed by atoms with van der Waals surface area (Å²) in [6, 6.07) is 14.1. The van der Waals surface area contributed by atoms with Crippen molar-refractivity contribution < 1.29 is 9.59 Å². The second kappa shape index (κ2) is 6.36. The van der Waals surface area contributed by atoms with Gasteiger partial charge in [0.2, 0.25) is 11.8 Å². The fourth-order valence-corrected chi connectivity index (χ4v) is 6.38. The third kappa shape index (κ3) is 2.37. The van der Waals surface area contributed by atoms with Crippen molar-refractivity contribution in [1.82, 2.24) is 4.90 Å². The standard InChI is InChI=1S/C22H23N3O2S/c1-13-7-8-18(14(2)9-13)23-20(26)17-10-15-11-28-12-25(15)22(17)16-5-3-4-6-19(16)24-21(22)27/h3-9,15,17H,10-12H2,1-2H3,(H,23,26)(H,24,27). The third-order valence-electron chi connectivity index (χ3n) is 6.33. The van der Waals surface area contributed by atoms with Crippen LogP contribution in [0.1, 0.15) is 23.1 Å². The summed E-state index contributed by atoms with van der Waals surface area (Å²) in [5, 5.41) is 6.16. The maximum Gasteiger partial charge on any atom is 0.250 e. The first-order chi connectivity index (χ1) is 13.5. The Balaban J connectivity index is 1.57. The molecular weight excluding hydrogens is 370 g/mol. The van der Waals surface area contributed by atoms with E-state index in [0.29, 0.717) is 6.42 Å². The van der Waals surface area contributed by atoms with E-state index in [4.69, 9.17) is 0 Å². The number of rotatable bonds is 2. The van der Waals surface area contributed by atoms with Gasteiger partial charge in [-0.3, -0.25) is 14.5 Å². The molecule has 3 heterocycles. The SMILES string of the molecule is Cc1ccc(NC(=O)C2CC3CSCN3C23C(=O)Nc2ccccc23)c(C)c1. The monoisotopic (exact) mass is 393 g/mol. The molecule has 2 N–H and O–H groups in total. The van der Waals surface area contributed by atoms with Gasteiger partial charge in [-0.05, 0) is 38.0 Å². The van der Waals surface area contributed by atoms with Crippen LogP contribution in [0.4, 0.5) is 11.4 Å². The molecule has 28 heavy (non-hydrogen) atoms. The van der Waals surface area contributed by atoms with Crippen LogP contribution < -0.4 is 10.6 Å². The number of aryl methyl sites for hydroxylation is 2. The maximum absolute atomic E-state index is 13.5. The van der Waals surface area contributed by atoms with Crippen molar-refractivity contribution in [2.75, 3.05) is 22.3 Å². The molecule has 2 aromatic rings. The summed E-state index contributed by atoms with van der Waals surface area (Å²) in [6.07, 6.45) is 0.700. The van der Waals surface area contributed by atoms with Crippen molar-refractivity contribution >= 4 is 35.0 Å². The molecule has 3 aliphatic heterocycles. The van der Waals surface area contributed by atoms with Gasteiger partial charge < -0.3 is 10.6 Å².